The van der Waals surface area contributed by atoms with E-state index < -0.39 is 23.5 Å². The molecule has 3 atom stereocenters. The number of rotatable bonds is 19. The maximum atomic E-state index is 14.2. The number of hydrogen-bond donors (Lipinski definition) is 2. The third kappa shape index (κ3) is 11.2. The van der Waals surface area contributed by atoms with Crippen LogP contribution in [0.3, 0.4) is 0 Å². The number of amides is 4. The Bertz CT molecular complexity index is 1150. The lowest BCUT2D eigenvalue weighted by Crippen LogP contribution is -2.31. The van der Waals surface area contributed by atoms with Crippen molar-refractivity contribution in [3.8, 4) is 0 Å². The fraction of sp³-hybridized carbons (Fsp3) is 0.625. The van der Waals surface area contributed by atoms with Gasteiger partial charge in [0, 0.05) is 25.2 Å². The molecule has 0 unspecified atom stereocenters. The lowest BCUT2D eigenvalue weighted by atomic mass is 10.0. The molecule has 0 bridgehead atoms. The molecule has 1 aliphatic heterocycles. The summed E-state index contributed by atoms with van der Waals surface area (Å²) in [5.41, 5.74) is -0.166. The first-order valence-corrected chi connectivity index (χ1v) is 15.8. The van der Waals surface area contributed by atoms with Crippen molar-refractivity contribution in [3.05, 3.63) is 41.7 Å². The molecule has 2 aliphatic carbocycles. The Morgan fingerprint density at radius 1 is 0.756 bits per heavy atom. The van der Waals surface area contributed by atoms with Gasteiger partial charge in [0.2, 0.25) is 0 Å². The number of ether oxygens (including phenoxy) is 5. The van der Waals surface area contributed by atoms with Gasteiger partial charge < -0.3 is 34.3 Å². The number of benzene rings is 1. The molecule has 3 aliphatic rings. The molecular formula is C32H44FN3O9. The Morgan fingerprint density at radius 3 is 1.87 bits per heavy atom. The number of halogens is 1. The van der Waals surface area contributed by atoms with Gasteiger partial charge in [-0.15, -0.1) is 0 Å². The van der Waals surface area contributed by atoms with Gasteiger partial charge in [0.25, 0.3) is 17.7 Å². The van der Waals surface area contributed by atoms with Crippen molar-refractivity contribution in [2.45, 2.75) is 38.5 Å². The summed E-state index contributed by atoms with van der Waals surface area (Å²) in [5.74, 6) is -0.521. The molecule has 12 nitrogen and oxygen atoms in total. The first-order chi connectivity index (χ1) is 22.0. The number of nitrogens with one attached hydrogen (secondary N) is 2. The van der Waals surface area contributed by atoms with E-state index in [0.717, 1.165) is 41.0 Å². The van der Waals surface area contributed by atoms with E-state index in [1.807, 2.05) is 0 Å². The number of carbonyl (C=O) groups excluding carboxylic acids is 4. The van der Waals surface area contributed by atoms with Crippen LogP contribution in [0.1, 0.15) is 48.9 Å². The number of nitrogens with zero attached hydrogens (tertiary/aromatic N) is 1. The number of hydrogen-bond acceptors (Lipinski definition) is 9. The fourth-order valence-corrected chi connectivity index (χ4v) is 5.76. The third-order valence-electron chi connectivity index (χ3n) is 8.17. The second-order valence-corrected chi connectivity index (χ2v) is 11.2. The second-order valence-electron chi connectivity index (χ2n) is 11.2. The minimum Gasteiger partial charge on any atom is -0.449 e. The van der Waals surface area contributed by atoms with Gasteiger partial charge in [0.05, 0.1) is 70.7 Å². The summed E-state index contributed by atoms with van der Waals surface area (Å²) in [6, 6.07) is 3.46. The molecule has 1 aromatic rings. The van der Waals surface area contributed by atoms with Crippen LogP contribution in [0.5, 0.6) is 0 Å². The molecule has 1 aromatic carbocycles. The Hall–Kier alpha value is -3.39. The van der Waals surface area contributed by atoms with Gasteiger partial charge in [0.1, 0.15) is 5.82 Å². The highest BCUT2D eigenvalue weighted by Crippen LogP contribution is 2.53. The predicted molar refractivity (Wildman–Crippen MR) is 161 cm³/mol. The lowest BCUT2D eigenvalue weighted by molar-refractivity contribution is -0.120. The van der Waals surface area contributed by atoms with Gasteiger partial charge in [-0.2, -0.15) is 0 Å². The van der Waals surface area contributed by atoms with Crippen molar-refractivity contribution in [2.75, 3.05) is 77.5 Å². The van der Waals surface area contributed by atoms with Crippen molar-refractivity contribution in [1.29, 1.82) is 0 Å². The first kappa shape index (κ1) is 34.5. The van der Waals surface area contributed by atoms with Crippen molar-refractivity contribution in [3.63, 3.8) is 0 Å². The Morgan fingerprint density at radius 2 is 1.29 bits per heavy atom. The van der Waals surface area contributed by atoms with Crippen LogP contribution >= 0.6 is 0 Å². The summed E-state index contributed by atoms with van der Waals surface area (Å²) < 4.78 is 41.3. The maximum absolute atomic E-state index is 14.2. The second kappa shape index (κ2) is 18.5. The van der Waals surface area contributed by atoms with E-state index in [0.29, 0.717) is 65.3 Å². The summed E-state index contributed by atoms with van der Waals surface area (Å²) in [5, 5.41) is 5.27. The zero-order valence-electron chi connectivity index (χ0n) is 25.6. The quantitative estimate of drug-likeness (QED) is 0.174. The minimum atomic E-state index is -0.772. The van der Waals surface area contributed by atoms with Crippen molar-refractivity contribution >= 4 is 29.5 Å². The van der Waals surface area contributed by atoms with Crippen LogP contribution in [-0.2, 0) is 33.3 Å². The molecule has 0 radical (unpaired) electrons. The van der Waals surface area contributed by atoms with E-state index >= 15 is 0 Å². The number of imide groups is 1. The van der Waals surface area contributed by atoms with Crippen LogP contribution in [0.4, 0.5) is 14.9 Å². The van der Waals surface area contributed by atoms with Gasteiger partial charge in [0.15, 0.2) is 0 Å². The first-order valence-electron chi connectivity index (χ1n) is 15.8. The smallest absolute Gasteiger partial charge is 0.407 e. The monoisotopic (exact) mass is 633 g/mol. The van der Waals surface area contributed by atoms with E-state index in [9.17, 15) is 23.6 Å². The molecule has 2 saturated carbocycles. The van der Waals surface area contributed by atoms with Gasteiger partial charge in [-0.1, -0.05) is 25.7 Å². The van der Waals surface area contributed by atoms with Crippen LogP contribution in [0.25, 0.3) is 0 Å². The molecule has 2 N–H and O–H groups in total. The van der Waals surface area contributed by atoms with Gasteiger partial charge in [-0.05, 0) is 48.8 Å². The molecule has 13 heteroatoms. The standard InChI is InChI=1S/C32H44FN3O9/c33-28-8-7-23(36-29(37)9-10-30(36)38)21-26(28)31(39)34-11-13-41-15-17-43-19-20-44-18-16-42-14-12-35-32(40)45-22-27-24-5-3-1-2-4-6-25(24)27/h7-10,21,24-25,27H,1-6,11-20,22H2,(H,34,39)(H,35,40)/t24-,25+,27-. The molecule has 2 fully saturated rings. The lowest BCUT2D eigenvalue weighted by Gasteiger charge is -2.15. The van der Waals surface area contributed by atoms with E-state index in [4.69, 9.17) is 23.7 Å². The van der Waals surface area contributed by atoms with Crippen LogP contribution in [-0.4, -0.2) is 96.4 Å². The minimum absolute atomic E-state index is 0.115. The molecule has 0 spiro atoms. The summed E-state index contributed by atoms with van der Waals surface area (Å²) in [6.45, 7) is 3.80. The summed E-state index contributed by atoms with van der Waals surface area (Å²) in [4.78, 5) is 48.8. The highest BCUT2D eigenvalue weighted by atomic mass is 19.1. The number of alkyl carbamates (subject to hydrolysis) is 1. The van der Waals surface area contributed by atoms with Gasteiger partial charge in [-0.3, -0.25) is 14.4 Å². The molecule has 45 heavy (non-hydrogen) atoms. The Labute approximate surface area is 262 Å². The van der Waals surface area contributed by atoms with Crippen LogP contribution < -0.4 is 15.5 Å². The van der Waals surface area contributed by atoms with E-state index in [1.165, 1.54) is 44.6 Å². The third-order valence-corrected chi connectivity index (χ3v) is 8.17. The molecular weight excluding hydrogens is 589 g/mol. The molecule has 0 aromatic heterocycles. The highest BCUT2D eigenvalue weighted by molar-refractivity contribution is 6.28. The summed E-state index contributed by atoms with van der Waals surface area (Å²) in [6.07, 6.45) is 9.66. The average molecular weight is 634 g/mol. The largest absolute Gasteiger partial charge is 0.449 e. The van der Waals surface area contributed by atoms with Crippen LogP contribution in [0, 0.1) is 23.6 Å². The zero-order chi connectivity index (χ0) is 31.9. The van der Waals surface area contributed by atoms with Gasteiger partial charge >= 0.3 is 6.09 Å². The number of anilines is 1. The predicted octanol–water partition coefficient (Wildman–Crippen LogP) is 2.99. The maximum Gasteiger partial charge on any atom is 0.407 e. The number of carbonyl (C=O) groups is 4. The van der Waals surface area contributed by atoms with Crippen LogP contribution in [0.2, 0.25) is 0 Å². The highest BCUT2D eigenvalue weighted by Gasteiger charge is 2.49. The van der Waals surface area contributed by atoms with Crippen molar-refractivity contribution < 1.29 is 47.3 Å². The molecule has 1 heterocycles. The molecule has 248 valence electrons. The fourth-order valence-electron chi connectivity index (χ4n) is 5.76. The number of fused-ring (bicyclic) bond motifs is 1. The Balaban J connectivity index is 0.907. The SMILES string of the molecule is O=C(NCCOCCOCCOCCOCCNC(=O)c1cc(N2C(=O)C=CC2=O)ccc1F)OC[C@@H]1[C@@H]2CCCCCC[C@@H]21. The average Bonchev–Trinajstić information content (AvgIpc) is 3.54. The van der Waals surface area contributed by atoms with Crippen molar-refractivity contribution in [2.24, 2.45) is 17.8 Å². The van der Waals surface area contributed by atoms with Gasteiger partial charge in [-0.25, -0.2) is 14.1 Å². The van der Waals surface area contributed by atoms with E-state index in [-0.39, 0.29) is 30.5 Å². The Kier molecular flexibility index (Phi) is 14.2. The molecule has 0 saturated heterocycles. The zero-order valence-corrected chi connectivity index (χ0v) is 25.6. The summed E-state index contributed by atoms with van der Waals surface area (Å²) >= 11 is 0. The molecule has 4 amide bonds. The van der Waals surface area contributed by atoms with E-state index in [2.05, 4.69) is 10.6 Å². The topological polar surface area (TPSA) is 142 Å². The normalized spacial score (nSPS) is 20.8. The summed E-state index contributed by atoms with van der Waals surface area (Å²) in [7, 11) is 0. The van der Waals surface area contributed by atoms with Crippen molar-refractivity contribution in [1.82, 2.24) is 10.6 Å². The van der Waals surface area contributed by atoms with E-state index in [1.54, 1.807) is 0 Å². The van der Waals surface area contributed by atoms with Crippen LogP contribution in [0.15, 0.2) is 30.4 Å². The molecule has 4 rings (SSSR count).